The molecule has 1 saturated heterocycles. The SMILES string of the molecule is NC1=NC2(CCN(C(=O)CCCOc3ccccc3)CC2)Nc2cccc(F)c21. The van der Waals surface area contributed by atoms with E-state index in [-0.39, 0.29) is 17.6 Å². The smallest absolute Gasteiger partial charge is 0.222 e. The molecule has 1 fully saturated rings. The number of amidine groups is 1. The Morgan fingerprint density at radius 3 is 2.69 bits per heavy atom. The number of aliphatic imine (C=N–C) groups is 1. The van der Waals surface area contributed by atoms with Gasteiger partial charge in [-0.05, 0) is 30.7 Å². The van der Waals surface area contributed by atoms with Gasteiger partial charge in [-0.1, -0.05) is 24.3 Å². The van der Waals surface area contributed by atoms with Gasteiger partial charge in [0.15, 0.2) is 0 Å². The van der Waals surface area contributed by atoms with Crippen LogP contribution < -0.4 is 15.8 Å². The van der Waals surface area contributed by atoms with Crippen molar-refractivity contribution in [3.05, 3.63) is 59.9 Å². The third-order valence-corrected chi connectivity index (χ3v) is 5.46. The molecule has 1 amide bonds. The molecule has 6 nitrogen and oxygen atoms in total. The highest BCUT2D eigenvalue weighted by Gasteiger charge is 2.39. The molecule has 3 N–H and O–H groups in total. The second-order valence-electron chi connectivity index (χ2n) is 7.46. The van der Waals surface area contributed by atoms with Crippen LogP contribution in [0.25, 0.3) is 0 Å². The molecule has 29 heavy (non-hydrogen) atoms. The first-order valence-corrected chi connectivity index (χ1v) is 9.94. The van der Waals surface area contributed by atoms with Crippen LogP contribution in [0, 0.1) is 5.82 Å². The first kappa shape index (κ1) is 19.2. The average Bonchev–Trinajstić information content (AvgIpc) is 2.72. The maximum Gasteiger partial charge on any atom is 0.222 e. The molecule has 0 bridgehead atoms. The molecule has 2 aliphatic heterocycles. The van der Waals surface area contributed by atoms with Gasteiger partial charge in [-0.3, -0.25) is 4.79 Å². The second-order valence-corrected chi connectivity index (χ2v) is 7.46. The van der Waals surface area contributed by atoms with Crippen molar-refractivity contribution in [1.82, 2.24) is 4.90 Å². The van der Waals surface area contributed by atoms with Crippen LogP contribution >= 0.6 is 0 Å². The van der Waals surface area contributed by atoms with Crippen molar-refractivity contribution in [2.45, 2.75) is 31.3 Å². The molecule has 2 aromatic rings. The lowest BCUT2D eigenvalue weighted by atomic mass is 9.93. The summed E-state index contributed by atoms with van der Waals surface area (Å²) in [7, 11) is 0. The summed E-state index contributed by atoms with van der Waals surface area (Å²) in [5.41, 5.74) is 6.47. The second kappa shape index (κ2) is 8.11. The summed E-state index contributed by atoms with van der Waals surface area (Å²) < 4.78 is 19.7. The van der Waals surface area contributed by atoms with Gasteiger partial charge in [0.2, 0.25) is 5.91 Å². The molecular weight excluding hydrogens is 371 g/mol. The van der Waals surface area contributed by atoms with Crippen LogP contribution in [0.1, 0.15) is 31.2 Å². The molecule has 0 saturated carbocycles. The third-order valence-electron chi connectivity index (χ3n) is 5.46. The predicted octanol–water partition coefficient (Wildman–Crippen LogP) is 3.13. The van der Waals surface area contributed by atoms with E-state index in [9.17, 15) is 9.18 Å². The third kappa shape index (κ3) is 4.18. The number of ether oxygens (including phenoxy) is 1. The average molecular weight is 396 g/mol. The van der Waals surface area contributed by atoms with E-state index >= 15 is 0 Å². The highest BCUT2D eigenvalue weighted by Crippen LogP contribution is 2.35. The standard InChI is InChI=1S/C22H25FN4O2/c23-17-8-4-9-18-20(17)21(24)26-22(25-18)11-13-27(14-12-22)19(28)10-5-15-29-16-6-2-1-3-7-16/h1-4,6-9,25H,5,10-15H2,(H2,24,26). The van der Waals surface area contributed by atoms with E-state index < -0.39 is 5.66 Å². The molecule has 2 aromatic carbocycles. The largest absolute Gasteiger partial charge is 0.494 e. The lowest BCUT2D eigenvalue weighted by Crippen LogP contribution is -2.52. The van der Waals surface area contributed by atoms with Gasteiger partial charge in [-0.2, -0.15) is 0 Å². The first-order chi connectivity index (χ1) is 14.1. The van der Waals surface area contributed by atoms with Crippen LogP contribution in [0.3, 0.4) is 0 Å². The fraction of sp³-hybridized carbons (Fsp3) is 0.364. The summed E-state index contributed by atoms with van der Waals surface area (Å²) in [5, 5.41) is 3.35. The number of amides is 1. The monoisotopic (exact) mass is 396 g/mol. The summed E-state index contributed by atoms with van der Waals surface area (Å²) >= 11 is 0. The van der Waals surface area contributed by atoms with Crippen molar-refractivity contribution >= 4 is 17.4 Å². The molecular formula is C22H25FN4O2. The van der Waals surface area contributed by atoms with Crippen LogP contribution in [0.5, 0.6) is 5.75 Å². The molecule has 2 aliphatic rings. The van der Waals surface area contributed by atoms with Crippen LogP contribution in [-0.4, -0.2) is 42.0 Å². The zero-order chi connectivity index (χ0) is 20.3. The van der Waals surface area contributed by atoms with Crippen molar-refractivity contribution in [2.75, 3.05) is 25.0 Å². The number of hydrogen-bond donors (Lipinski definition) is 2. The summed E-state index contributed by atoms with van der Waals surface area (Å²) in [5.74, 6) is 0.775. The minimum absolute atomic E-state index is 0.121. The Morgan fingerprint density at radius 2 is 1.93 bits per heavy atom. The molecule has 2 heterocycles. The number of likely N-dealkylation sites (tertiary alicyclic amines) is 1. The van der Waals surface area contributed by atoms with Crippen LogP contribution in [0.15, 0.2) is 53.5 Å². The Hall–Kier alpha value is -3.09. The number of carbonyl (C=O) groups is 1. The van der Waals surface area contributed by atoms with E-state index in [0.717, 1.165) is 5.75 Å². The fourth-order valence-electron chi connectivity index (χ4n) is 3.90. The van der Waals surface area contributed by atoms with E-state index in [4.69, 9.17) is 10.5 Å². The van der Waals surface area contributed by atoms with Gasteiger partial charge < -0.3 is 20.7 Å². The van der Waals surface area contributed by atoms with Gasteiger partial charge >= 0.3 is 0 Å². The Morgan fingerprint density at radius 1 is 1.17 bits per heavy atom. The summed E-state index contributed by atoms with van der Waals surface area (Å²) in [6, 6.07) is 14.4. The topological polar surface area (TPSA) is 80.0 Å². The van der Waals surface area contributed by atoms with Crippen molar-refractivity contribution in [1.29, 1.82) is 0 Å². The van der Waals surface area contributed by atoms with Crippen molar-refractivity contribution in [3.8, 4) is 5.75 Å². The van der Waals surface area contributed by atoms with Gasteiger partial charge in [0, 0.05) is 38.0 Å². The highest BCUT2D eigenvalue weighted by molar-refractivity contribution is 6.04. The minimum atomic E-state index is -0.571. The van der Waals surface area contributed by atoms with Crippen LogP contribution in [0.4, 0.5) is 10.1 Å². The van der Waals surface area contributed by atoms with Gasteiger partial charge in [-0.25, -0.2) is 9.38 Å². The number of benzene rings is 2. The number of hydrogen-bond acceptors (Lipinski definition) is 5. The zero-order valence-corrected chi connectivity index (χ0v) is 16.2. The van der Waals surface area contributed by atoms with Gasteiger partial charge in [0.1, 0.15) is 23.1 Å². The molecule has 152 valence electrons. The van der Waals surface area contributed by atoms with Gasteiger partial charge in [0.05, 0.1) is 12.2 Å². The van der Waals surface area contributed by atoms with Crippen LogP contribution in [0.2, 0.25) is 0 Å². The van der Waals surface area contributed by atoms with Crippen molar-refractivity contribution < 1.29 is 13.9 Å². The number of nitrogens with one attached hydrogen (secondary N) is 1. The number of para-hydroxylation sites is 1. The molecule has 1 spiro atoms. The Balaban J connectivity index is 1.28. The number of piperidine rings is 1. The maximum atomic E-state index is 14.0. The van der Waals surface area contributed by atoms with E-state index in [2.05, 4.69) is 10.3 Å². The minimum Gasteiger partial charge on any atom is -0.494 e. The number of anilines is 1. The lowest BCUT2D eigenvalue weighted by molar-refractivity contribution is -0.132. The molecule has 0 atom stereocenters. The number of fused-ring (bicyclic) bond motifs is 1. The van der Waals surface area contributed by atoms with E-state index in [1.165, 1.54) is 6.07 Å². The predicted molar refractivity (Wildman–Crippen MR) is 110 cm³/mol. The quantitative estimate of drug-likeness (QED) is 0.761. The highest BCUT2D eigenvalue weighted by atomic mass is 19.1. The molecule has 4 rings (SSSR count). The van der Waals surface area contributed by atoms with Gasteiger partial charge in [0.25, 0.3) is 0 Å². The van der Waals surface area contributed by atoms with E-state index in [1.807, 2.05) is 41.3 Å². The number of nitrogens with zero attached hydrogens (tertiary/aromatic N) is 2. The molecule has 0 aliphatic carbocycles. The van der Waals surface area contributed by atoms with E-state index in [1.54, 1.807) is 6.07 Å². The first-order valence-electron chi connectivity index (χ1n) is 9.94. The Bertz CT molecular complexity index is 908. The number of nitrogens with two attached hydrogens (primary N) is 1. The Kier molecular flexibility index (Phi) is 5.38. The number of halogens is 1. The number of carbonyl (C=O) groups excluding carboxylic acids is 1. The van der Waals surface area contributed by atoms with Crippen LogP contribution in [-0.2, 0) is 4.79 Å². The summed E-state index contributed by atoms with van der Waals surface area (Å²) in [6.45, 7) is 1.69. The van der Waals surface area contributed by atoms with Crippen molar-refractivity contribution in [2.24, 2.45) is 10.7 Å². The molecule has 0 aromatic heterocycles. The van der Waals surface area contributed by atoms with E-state index in [0.29, 0.717) is 56.6 Å². The molecule has 0 unspecified atom stereocenters. The molecule has 7 heteroatoms. The normalized spacial score (nSPS) is 17.3. The Labute approximate surface area is 169 Å². The zero-order valence-electron chi connectivity index (χ0n) is 16.2. The summed E-state index contributed by atoms with van der Waals surface area (Å²) in [6.07, 6.45) is 2.39. The molecule has 0 radical (unpaired) electrons. The van der Waals surface area contributed by atoms with Gasteiger partial charge in [-0.15, -0.1) is 0 Å². The lowest BCUT2D eigenvalue weighted by Gasteiger charge is -2.42. The summed E-state index contributed by atoms with van der Waals surface area (Å²) in [4.78, 5) is 19.0. The maximum absolute atomic E-state index is 14.0. The van der Waals surface area contributed by atoms with Crippen molar-refractivity contribution in [3.63, 3.8) is 0 Å². The fourth-order valence-corrected chi connectivity index (χ4v) is 3.90. The number of rotatable bonds is 5.